The summed E-state index contributed by atoms with van der Waals surface area (Å²) in [5.74, 6) is 0. The first-order valence-corrected chi connectivity index (χ1v) is 5.72. The third-order valence-electron chi connectivity index (χ3n) is 2.88. The first-order chi connectivity index (χ1) is 6.43. The highest BCUT2D eigenvalue weighted by atomic mass is 16.2. The summed E-state index contributed by atoms with van der Waals surface area (Å²) in [4.78, 5) is 0. The van der Waals surface area contributed by atoms with Crippen LogP contribution in [0.1, 0.15) is 57.8 Å². The van der Waals surface area contributed by atoms with Gasteiger partial charge in [0.2, 0.25) is 0 Å². The fourth-order valence-electron chi connectivity index (χ4n) is 2.05. The van der Waals surface area contributed by atoms with Crippen molar-refractivity contribution < 1.29 is 5.11 Å². The molecule has 0 aromatic heterocycles. The second-order valence-corrected chi connectivity index (χ2v) is 4.02. The molecule has 0 aromatic carbocycles. The molecule has 0 spiro atoms. The largest absolute Gasteiger partial charge is 0.392 e. The number of hydrogen-bond donors (Lipinski definition) is 1. The van der Waals surface area contributed by atoms with Gasteiger partial charge in [-0.3, -0.25) is 0 Å². The Hall–Kier alpha value is -0.300. The molecule has 0 unspecified atom stereocenters. The number of hydrogen-bond acceptors (Lipinski definition) is 1. The molecule has 1 rings (SSSR count). The number of aliphatic hydroxyl groups is 1. The third kappa shape index (κ3) is 5.09. The highest BCUT2D eigenvalue weighted by Crippen LogP contribution is 2.20. The van der Waals surface area contributed by atoms with Gasteiger partial charge in [-0.05, 0) is 25.7 Å². The average Bonchev–Trinajstić information content (AvgIpc) is 2.16. The minimum atomic E-state index is 0.231. The number of rotatable bonds is 1. The zero-order chi connectivity index (χ0) is 9.36. The molecule has 1 aliphatic rings. The van der Waals surface area contributed by atoms with Crippen LogP contribution in [0.2, 0.25) is 0 Å². The van der Waals surface area contributed by atoms with Crippen molar-refractivity contribution in [2.24, 2.45) is 0 Å². The molecule has 1 saturated carbocycles. The fourth-order valence-corrected chi connectivity index (χ4v) is 2.05. The van der Waals surface area contributed by atoms with E-state index in [1.165, 1.54) is 63.4 Å². The summed E-state index contributed by atoms with van der Waals surface area (Å²) in [5.41, 5.74) is 1.49. The van der Waals surface area contributed by atoms with Crippen LogP contribution in [0.15, 0.2) is 11.6 Å². The smallest absolute Gasteiger partial charge is 0.0615 e. The van der Waals surface area contributed by atoms with Gasteiger partial charge in [0.25, 0.3) is 0 Å². The van der Waals surface area contributed by atoms with E-state index in [-0.39, 0.29) is 6.61 Å². The van der Waals surface area contributed by atoms with Gasteiger partial charge in [0, 0.05) is 0 Å². The molecule has 0 bridgehead atoms. The molecule has 1 N–H and O–H groups in total. The Kier molecular flexibility index (Phi) is 5.92. The summed E-state index contributed by atoms with van der Waals surface area (Å²) in [5, 5.41) is 8.83. The summed E-state index contributed by atoms with van der Waals surface area (Å²) in [6, 6.07) is 0. The summed E-state index contributed by atoms with van der Waals surface area (Å²) in [6.07, 6.45) is 14.1. The maximum absolute atomic E-state index is 8.83. The van der Waals surface area contributed by atoms with E-state index in [0.717, 1.165) is 0 Å². The standard InChI is InChI=1S/C12H22O/c13-11-10-12-8-6-4-2-1-3-5-7-9-12/h10,13H,1-9,11H2. The predicted molar refractivity (Wildman–Crippen MR) is 56.7 cm³/mol. The predicted octanol–water partition coefficient (Wildman–Crippen LogP) is 3.43. The van der Waals surface area contributed by atoms with Gasteiger partial charge in [0.05, 0.1) is 6.61 Å². The van der Waals surface area contributed by atoms with Crippen LogP contribution < -0.4 is 0 Å². The van der Waals surface area contributed by atoms with Crippen LogP contribution in [0.25, 0.3) is 0 Å². The Balaban J connectivity index is 2.30. The first kappa shape index (κ1) is 10.8. The van der Waals surface area contributed by atoms with Crippen LogP contribution in [0, 0.1) is 0 Å². The lowest BCUT2D eigenvalue weighted by Crippen LogP contribution is -1.92. The van der Waals surface area contributed by atoms with E-state index in [1.807, 2.05) is 6.08 Å². The molecule has 0 aliphatic heterocycles. The van der Waals surface area contributed by atoms with Crippen molar-refractivity contribution in [2.75, 3.05) is 6.61 Å². The quantitative estimate of drug-likeness (QED) is 0.616. The van der Waals surface area contributed by atoms with E-state index >= 15 is 0 Å². The Morgan fingerprint density at radius 1 is 0.846 bits per heavy atom. The Morgan fingerprint density at radius 2 is 1.31 bits per heavy atom. The van der Waals surface area contributed by atoms with Gasteiger partial charge in [0.1, 0.15) is 0 Å². The Bertz CT molecular complexity index is 137. The van der Waals surface area contributed by atoms with Crippen molar-refractivity contribution in [3.05, 3.63) is 11.6 Å². The van der Waals surface area contributed by atoms with Crippen molar-refractivity contribution in [3.63, 3.8) is 0 Å². The first-order valence-electron chi connectivity index (χ1n) is 5.72. The second-order valence-electron chi connectivity index (χ2n) is 4.02. The molecule has 1 heteroatoms. The summed E-state index contributed by atoms with van der Waals surface area (Å²) in [6.45, 7) is 0.231. The lowest BCUT2D eigenvalue weighted by molar-refractivity contribution is 0.340. The van der Waals surface area contributed by atoms with Gasteiger partial charge in [-0.1, -0.05) is 43.8 Å². The van der Waals surface area contributed by atoms with Gasteiger partial charge in [-0.2, -0.15) is 0 Å². The van der Waals surface area contributed by atoms with E-state index < -0.39 is 0 Å². The van der Waals surface area contributed by atoms with E-state index in [4.69, 9.17) is 5.11 Å². The van der Waals surface area contributed by atoms with E-state index in [2.05, 4.69) is 0 Å². The van der Waals surface area contributed by atoms with E-state index in [0.29, 0.717) is 0 Å². The minimum absolute atomic E-state index is 0.231. The van der Waals surface area contributed by atoms with E-state index in [1.54, 1.807) is 0 Å². The summed E-state index contributed by atoms with van der Waals surface area (Å²) in [7, 11) is 0. The topological polar surface area (TPSA) is 20.2 Å². The zero-order valence-corrected chi connectivity index (χ0v) is 8.60. The van der Waals surface area contributed by atoms with Crippen LogP contribution in [0.3, 0.4) is 0 Å². The van der Waals surface area contributed by atoms with Gasteiger partial charge >= 0.3 is 0 Å². The van der Waals surface area contributed by atoms with Crippen molar-refractivity contribution in [1.29, 1.82) is 0 Å². The molecule has 1 nitrogen and oxygen atoms in total. The lowest BCUT2D eigenvalue weighted by Gasteiger charge is -2.10. The Morgan fingerprint density at radius 3 is 1.77 bits per heavy atom. The van der Waals surface area contributed by atoms with Crippen molar-refractivity contribution in [2.45, 2.75) is 57.8 Å². The number of allylic oxidation sites excluding steroid dienone is 1. The molecule has 0 atom stereocenters. The van der Waals surface area contributed by atoms with Crippen LogP contribution >= 0.6 is 0 Å². The molecule has 0 heterocycles. The highest BCUT2D eigenvalue weighted by molar-refractivity contribution is 5.01. The van der Waals surface area contributed by atoms with E-state index in [9.17, 15) is 0 Å². The maximum Gasteiger partial charge on any atom is 0.0615 e. The highest BCUT2D eigenvalue weighted by Gasteiger charge is 2.01. The third-order valence-corrected chi connectivity index (χ3v) is 2.88. The summed E-state index contributed by atoms with van der Waals surface area (Å²) >= 11 is 0. The van der Waals surface area contributed by atoms with Crippen molar-refractivity contribution >= 4 is 0 Å². The van der Waals surface area contributed by atoms with Crippen LogP contribution in [0.5, 0.6) is 0 Å². The summed E-state index contributed by atoms with van der Waals surface area (Å²) < 4.78 is 0. The van der Waals surface area contributed by atoms with Gasteiger partial charge in [0.15, 0.2) is 0 Å². The number of aliphatic hydroxyl groups excluding tert-OH is 1. The molecule has 1 fully saturated rings. The Labute approximate surface area is 81.9 Å². The minimum Gasteiger partial charge on any atom is -0.392 e. The molecular formula is C12H22O. The zero-order valence-electron chi connectivity index (χ0n) is 8.60. The second kappa shape index (κ2) is 7.14. The molecule has 0 amide bonds. The molecule has 1 aliphatic carbocycles. The SMILES string of the molecule is OCC=C1CCCCCCCCC1. The van der Waals surface area contributed by atoms with Gasteiger partial charge in [-0.25, -0.2) is 0 Å². The van der Waals surface area contributed by atoms with Gasteiger partial charge in [-0.15, -0.1) is 0 Å². The molecular weight excluding hydrogens is 160 g/mol. The van der Waals surface area contributed by atoms with Crippen LogP contribution in [0.4, 0.5) is 0 Å². The van der Waals surface area contributed by atoms with Crippen molar-refractivity contribution in [1.82, 2.24) is 0 Å². The molecule has 0 radical (unpaired) electrons. The molecule has 0 saturated heterocycles. The molecule has 76 valence electrons. The van der Waals surface area contributed by atoms with Crippen LogP contribution in [-0.4, -0.2) is 11.7 Å². The maximum atomic E-state index is 8.83. The van der Waals surface area contributed by atoms with Gasteiger partial charge < -0.3 is 5.11 Å². The van der Waals surface area contributed by atoms with Crippen molar-refractivity contribution in [3.8, 4) is 0 Å². The lowest BCUT2D eigenvalue weighted by atomic mass is 9.97. The monoisotopic (exact) mass is 182 g/mol. The molecule has 13 heavy (non-hydrogen) atoms. The fraction of sp³-hybridized carbons (Fsp3) is 0.833. The van der Waals surface area contributed by atoms with Crippen LogP contribution in [-0.2, 0) is 0 Å². The average molecular weight is 182 g/mol. The normalized spacial score (nSPS) is 21.2. The molecule has 0 aromatic rings.